The van der Waals surface area contributed by atoms with Gasteiger partial charge in [-0.2, -0.15) is 0 Å². The first kappa shape index (κ1) is 21.8. The number of carbonyl (C=O) groups is 1. The molecule has 0 fully saturated rings. The Balaban J connectivity index is 1.36. The Morgan fingerprint density at radius 2 is 1.63 bits per heavy atom. The van der Waals surface area contributed by atoms with Gasteiger partial charge in [0.1, 0.15) is 5.75 Å². The molecule has 30 heavy (non-hydrogen) atoms. The number of ketones is 1. The molecule has 0 unspecified atom stereocenters. The van der Waals surface area contributed by atoms with E-state index in [-0.39, 0.29) is 5.78 Å². The summed E-state index contributed by atoms with van der Waals surface area (Å²) in [6, 6.07) is 22.0. The molecule has 0 radical (unpaired) electrons. The van der Waals surface area contributed by atoms with Crippen LogP contribution in [0.15, 0.2) is 72.9 Å². The van der Waals surface area contributed by atoms with E-state index in [9.17, 15) is 4.79 Å². The molecule has 0 saturated heterocycles. The van der Waals surface area contributed by atoms with Gasteiger partial charge in [0.15, 0.2) is 5.78 Å². The van der Waals surface area contributed by atoms with Crippen molar-refractivity contribution in [3.05, 3.63) is 95.3 Å². The second kappa shape index (κ2) is 11.3. The lowest BCUT2D eigenvalue weighted by atomic mass is 10.0. The summed E-state index contributed by atoms with van der Waals surface area (Å²) in [5.41, 5.74) is 4.28. The van der Waals surface area contributed by atoms with Gasteiger partial charge in [-0.25, -0.2) is 0 Å². The lowest BCUT2D eigenvalue weighted by molar-refractivity contribution is 0.0992. The fourth-order valence-electron chi connectivity index (χ4n) is 3.44. The molecule has 1 aromatic heterocycles. The van der Waals surface area contributed by atoms with E-state index in [0.29, 0.717) is 24.5 Å². The summed E-state index contributed by atoms with van der Waals surface area (Å²) in [7, 11) is 0. The molecule has 3 aromatic rings. The summed E-state index contributed by atoms with van der Waals surface area (Å²) in [5.74, 6) is 1.57. The zero-order valence-electron chi connectivity index (χ0n) is 18.0. The van der Waals surface area contributed by atoms with Gasteiger partial charge in [-0.3, -0.25) is 9.78 Å². The number of Topliss-reactive ketones (excluding diaryl/α,β-unsaturated/α-hetero) is 1. The maximum Gasteiger partial charge on any atom is 0.168 e. The molecule has 2 aromatic carbocycles. The highest BCUT2D eigenvalue weighted by Crippen LogP contribution is 2.15. The number of ether oxygens (including phenoxy) is 1. The zero-order valence-corrected chi connectivity index (χ0v) is 18.0. The largest absolute Gasteiger partial charge is 0.494 e. The van der Waals surface area contributed by atoms with E-state index >= 15 is 0 Å². The van der Waals surface area contributed by atoms with Gasteiger partial charge in [0.2, 0.25) is 0 Å². The van der Waals surface area contributed by atoms with Gasteiger partial charge in [0, 0.05) is 17.5 Å². The molecule has 3 heteroatoms. The predicted octanol–water partition coefficient (Wildman–Crippen LogP) is 6.11. The van der Waals surface area contributed by atoms with Gasteiger partial charge in [0.05, 0.1) is 13.0 Å². The van der Waals surface area contributed by atoms with Gasteiger partial charge in [0.25, 0.3) is 0 Å². The van der Waals surface area contributed by atoms with Gasteiger partial charge in [-0.05, 0) is 79.1 Å². The Bertz CT molecular complexity index is 900. The van der Waals surface area contributed by atoms with E-state index in [1.54, 1.807) is 6.20 Å². The molecule has 156 valence electrons. The maximum absolute atomic E-state index is 12.4. The van der Waals surface area contributed by atoms with Crippen LogP contribution in [0.4, 0.5) is 0 Å². The smallest absolute Gasteiger partial charge is 0.168 e. The van der Waals surface area contributed by atoms with Gasteiger partial charge in [-0.1, -0.05) is 44.2 Å². The highest BCUT2D eigenvalue weighted by Gasteiger charge is 2.08. The molecule has 0 aliphatic rings. The molecule has 0 bridgehead atoms. The number of hydrogen-bond donors (Lipinski definition) is 0. The van der Waals surface area contributed by atoms with Crippen molar-refractivity contribution in [2.45, 2.75) is 46.0 Å². The normalized spacial score (nSPS) is 10.9. The van der Waals surface area contributed by atoms with E-state index in [1.165, 1.54) is 11.1 Å². The van der Waals surface area contributed by atoms with Gasteiger partial charge < -0.3 is 4.74 Å². The van der Waals surface area contributed by atoms with Crippen LogP contribution in [0.5, 0.6) is 5.75 Å². The predicted molar refractivity (Wildman–Crippen MR) is 122 cm³/mol. The number of unbranched alkanes of at least 4 members (excludes halogenated alkanes) is 1. The molecule has 3 nitrogen and oxygen atoms in total. The molecular formula is C27H31NO2. The summed E-state index contributed by atoms with van der Waals surface area (Å²) in [6.07, 6.45) is 6.35. The molecule has 0 aliphatic heterocycles. The monoisotopic (exact) mass is 401 g/mol. The van der Waals surface area contributed by atoms with E-state index < -0.39 is 0 Å². The summed E-state index contributed by atoms with van der Waals surface area (Å²) >= 11 is 0. The van der Waals surface area contributed by atoms with Crippen LogP contribution in [0.25, 0.3) is 0 Å². The zero-order chi connectivity index (χ0) is 21.2. The first-order chi connectivity index (χ1) is 14.6. The fourth-order valence-corrected chi connectivity index (χ4v) is 3.44. The van der Waals surface area contributed by atoms with Gasteiger partial charge in [-0.15, -0.1) is 0 Å². The summed E-state index contributed by atoms with van der Waals surface area (Å²) < 4.78 is 5.84. The fraction of sp³-hybridized carbons (Fsp3) is 0.333. The Hall–Kier alpha value is -2.94. The van der Waals surface area contributed by atoms with E-state index in [4.69, 9.17) is 4.74 Å². The van der Waals surface area contributed by atoms with Crippen molar-refractivity contribution in [1.29, 1.82) is 0 Å². The van der Waals surface area contributed by atoms with Crippen LogP contribution >= 0.6 is 0 Å². The summed E-state index contributed by atoms with van der Waals surface area (Å²) in [4.78, 5) is 16.6. The van der Waals surface area contributed by atoms with Crippen LogP contribution in [0.1, 0.15) is 53.9 Å². The molecule has 3 rings (SSSR count). The highest BCUT2D eigenvalue weighted by molar-refractivity contribution is 5.97. The third-order valence-corrected chi connectivity index (χ3v) is 5.04. The number of pyridine rings is 1. The van der Waals surface area contributed by atoms with Crippen LogP contribution in [0, 0.1) is 5.92 Å². The van der Waals surface area contributed by atoms with Crippen LogP contribution in [-0.2, 0) is 19.3 Å². The van der Waals surface area contributed by atoms with Crippen LogP contribution in [0.3, 0.4) is 0 Å². The van der Waals surface area contributed by atoms with E-state index in [2.05, 4.69) is 43.1 Å². The first-order valence-electron chi connectivity index (χ1n) is 10.8. The van der Waals surface area contributed by atoms with Gasteiger partial charge >= 0.3 is 0 Å². The second-order valence-electron chi connectivity index (χ2n) is 8.17. The number of aromatic nitrogens is 1. The van der Waals surface area contributed by atoms with Crippen molar-refractivity contribution < 1.29 is 9.53 Å². The van der Waals surface area contributed by atoms with E-state index in [1.807, 2.05) is 42.5 Å². The minimum atomic E-state index is 0.0691. The maximum atomic E-state index is 12.4. The average Bonchev–Trinajstić information content (AvgIpc) is 2.75. The lowest BCUT2D eigenvalue weighted by Gasteiger charge is -2.08. The van der Waals surface area contributed by atoms with Crippen molar-refractivity contribution in [3.63, 3.8) is 0 Å². The SMILES string of the molecule is CC(C)Cc1ccc(CCCCOc2ccc(C(=O)Cc3ccccn3)cc2)cc1. The standard InChI is InChI=1S/C27H31NO2/c1-21(2)19-23-11-9-22(10-12-23)7-4-6-18-30-26-15-13-24(14-16-26)27(29)20-25-8-3-5-17-28-25/h3,5,8-17,21H,4,6-7,18-20H2,1-2H3. The van der Waals surface area contributed by atoms with Crippen LogP contribution in [0.2, 0.25) is 0 Å². The van der Waals surface area contributed by atoms with Crippen molar-refractivity contribution in [3.8, 4) is 5.75 Å². The Morgan fingerprint density at radius 1 is 0.900 bits per heavy atom. The topological polar surface area (TPSA) is 39.2 Å². The molecule has 0 spiro atoms. The Morgan fingerprint density at radius 3 is 2.30 bits per heavy atom. The van der Waals surface area contributed by atoms with Crippen LogP contribution in [-0.4, -0.2) is 17.4 Å². The molecule has 0 aliphatic carbocycles. The quantitative estimate of drug-likeness (QED) is 0.287. The first-order valence-corrected chi connectivity index (χ1v) is 10.8. The number of hydrogen-bond acceptors (Lipinski definition) is 3. The van der Waals surface area contributed by atoms with Crippen molar-refractivity contribution >= 4 is 5.78 Å². The van der Waals surface area contributed by atoms with Crippen molar-refractivity contribution in [2.24, 2.45) is 5.92 Å². The average molecular weight is 402 g/mol. The number of aryl methyl sites for hydroxylation is 1. The number of nitrogens with zero attached hydrogens (tertiary/aromatic N) is 1. The number of rotatable bonds is 11. The Kier molecular flexibility index (Phi) is 8.20. The Labute approximate surface area is 180 Å². The minimum absolute atomic E-state index is 0.0691. The van der Waals surface area contributed by atoms with Crippen molar-refractivity contribution in [1.82, 2.24) is 4.98 Å². The lowest BCUT2D eigenvalue weighted by Crippen LogP contribution is -2.05. The second-order valence-corrected chi connectivity index (χ2v) is 8.17. The molecule has 0 N–H and O–H groups in total. The van der Waals surface area contributed by atoms with Crippen LogP contribution < -0.4 is 4.74 Å². The third-order valence-electron chi connectivity index (χ3n) is 5.04. The summed E-state index contributed by atoms with van der Waals surface area (Å²) in [5, 5.41) is 0. The number of benzene rings is 2. The molecule has 0 atom stereocenters. The number of carbonyl (C=O) groups excluding carboxylic acids is 1. The van der Waals surface area contributed by atoms with Crippen molar-refractivity contribution in [2.75, 3.05) is 6.61 Å². The summed E-state index contributed by atoms with van der Waals surface area (Å²) in [6.45, 7) is 5.19. The minimum Gasteiger partial charge on any atom is -0.494 e. The molecule has 0 saturated carbocycles. The van der Waals surface area contributed by atoms with E-state index in [0.717, 1.165) is 37.1 Å². The molecule has 1 heterocycles. The highest BCUT2D eigenvalue weighted by atomic mass is 16.5. The molecular weight excluding hydrogens is 370 g/mol. The third kappa shape index (κ3) is 7.14. The molecule has 0 amide bonds.